The van der Waals surface area contributed by atoms with Gasteiger partial charge in [-0.1, -0.05) is 37.1 Å². The summed E-state index contributed by atoms with van der Waals surface area (Å²) in [7, 11) is 0. The second-order valence-electron chi connectivity index (χ2n) is 6.44. The molecule has 3 rings (SSSR count). The van der Waals surface area contributed by atoms with Gasteiger partial charge in [-0.2, -0.15) is 0 Å². The van der Waals surface area contributed by atoms with Crippen molar-refractivity contribution in [3.63, 3.8) is 0 Å². The van der Waals surface area contributed by atoms with E-state index in [1.807, 2.05) is 0 Å². The highest BCUT2D eigenvalue weighted by Gasteiger charge is 2.15. The fraction of sp³-hybridized carbons (Fsp3) is 0.667. The third-order valence-corrected chi connectivity index (χ3v) is 4.87. The molecule has 0 unspecified atom stereocenters. The molecule has 0 spiro atoms. The Morgan fingerprint density at radius 2 is 1.85 bits per heavy atom. The summed E-state index contributed by atoms with van der Waals surface area (Å²) in [6.07, 6.45) is 9.52. The van der Waals surface area contributed by atoms with Gasteiger partial charge in [-0.05, 0) is 62.9 Å². The summed E-state index contributed by atoms with van der Waals surface area (Å²) in [6, 6.07) is 9.80. The highest BCUT2D eigenvalue weighted by atomic mass is 15.1. The van der Waals surface area contributed by atoms with E-state index in [1.165, 1.54) is 64.6 Å². The number of aryl methyl sites for hydroxylation is 1. The van der Waals surface area contributed by atoms with Crippen LogP contribution in [0.5, 0.6) is 0 Å². The van der Waals surface area contributed by atoms with Gasteiger partial charge in [-0.25, -0.2) is 0 Å². The summed E-state index contributed by atoms with van der Waals surface area (Å²) < 4.78 is 0. The van der Waals surface area contributed by atoms with Crippen LogP contribution in [0.25, 0.3) is 0 Å². The van der Waals surface area contributed by atoms with Crippen molar-refractivity contribution in [3.05, 3.63) is 35.4 Å². The normalized spacial score (nSPS) is 20.8. The molecule has 1 N–H and O–H groups in total. The van der Waals surface area contributed by atoms with Gasteiger partial charge >= 0.3 is 0 Å². The van der Waals surface area contributed by atoms with E-state index in [1.54, 1.807) is 11.1 Å². The molecule has 0 bridgehead atoms. The molecule has 0 radical (unpaired) electrons. The average Bonchev–Trinajstić information content (AvgIpc) is 2.89. The Morgan fingerprint density at radius 1 is 1.05 bits per heavy atom. The van der Waals surface area contributed by atoms with Crippen LogP contribution >= 0.6 is 0 Å². The highest BCUT2D eigenvalue weighted by Crippen LogP contribution is 2.19. The molecule has 1 aromatic carbocycles. The summed E-state index contributed by atoms with van der Waals surface area (Å²) >= 11 is 0. The monoisotopic (exact) mass is 272 g/mol. The fourth-order valence-corrected chi connectivity index (χ4v) is 3.70. The Bertz CT molecular complexity index is 410. The molecule has 1 heterocycles. The molecule has 0 amide bonds. The molecular formula is C18H28N2. The van der Waals surface area contributed by atoms with Crippen LogP contribution in [-0.2, 0) is 13.0 Å². The predicted octanol–water partition coefficient (Wildman–Crippen LogP) is 3.36. The zero-order chi connectivity index (χ0) is 13.6. The topological polar surface area (TPSA) is 15.3 Å². The van der Waals surface area contributed by atoms with Gasteiger partial charge in [0.05, 0.1) is 0 Å². The van der Waals surface area contributed by atoms with Crippen LogP contribution in [0.2, 0.25) is 0 Å². The SMILES string of the molecule is c1ccc2c(c1)CCCN(CCCNC1CCCC1)C2. The summed E-state index contributed by atoms with van der Waals surface area (Å²) in [6.45, 7) is 4.86. The minimum Gasteiger partial charge on any atom is -0.314 e. The lowest BCUT2D eigenvalue weighted by Crippen LogP contribution is -2.31. The van der Waals surface area contributed by atoms with E-state index in [0.717, 1.165) is 12.6 Å². The number of nitrogens with one attached hydrogen (secondary N) is 1. The minimum atomic E-state index is 0.819. The first kappa shape index (κ1) is 14.1. The Hall–Kier alpha value is -0.860. The van der Waals surface area contributed by atoms with Crippen molar-refractivity contribution in [2.24, 2.45) is 0 Å². The quantitative estimate of drug-likeness (QED) is 0.827. The number of rotatable bonds is 5. The molecule has 1 fully saturated rings. The van der Waals surface area contributed by atoms with E-state index >= 15 is 0 Å². The van der Waals surface area contributed by atoms with Gasteiger partial charge < -0.3 is 5.32 Å². The molecule has 1 saturated carbocycles. The maximum Gasteiger partial charge on any atom is 0.0236 e. The van der Waals surface area contributed by atoms with Gasteiger partial charge in [-0.15, -0.1) is 0 Å². The predicted molar refractivity (Wildman–Crippen MR) is 84.9 cm³/mol. The lowest BCUT2D eigenvalue weighted by atomic mass is 10.0. The van der Waals surface area contributed by atoms with Crippen LogP contribution in [0.4, 0.5) is 0 Å². The summed E-state index contributed by atoms with van der Waals surface area (Å²) in [4.78, 5) is 2.64. The van der Waals surface area contributed by atoms with E-state index in [4.69, 9.17) is 0 Å². The maximum absolute atomic E-state index is 3.73. The first-order valence-corrected chi connectivity index (χ1v) is 8.44. The second kappa shape index (κ2) is 7.24. The largest absolute Gasteiger partial charge is 0.314 e. The molecule has 0 atom stereocenters. The van der Waals surface area contributed by atoms with Crippen molar-refractivity contribution < 1.29 is 0 Å². The number of hydrogen-bond acceptors (Lipinski definition) is 2. The van der Waals surface area contributed by atoms with Gasteiger partial charge in [0, 0.05) is 12.6 Å². The number of nitrogens with zero attached hydrogens (tertiary/aromatic N) is 1. The molecule has 1 aliphatic carbocycles. The minimum absolute atomic E-state index is 0.819. The molecule has 2 aliphatic rings. The molecule has 2 nitrogen and oxygen atoms in total. The van der Waals surface area contributed by atoms with Crippen molar-refractivity contribution in [3.8, 4) is 0 Å². The van der Waals surface area contributed by atoms with Gasteiger partial charge in [0.1, 0.15) is 0 Å². The molecule has 1 aliphatic heterocycles. The molecule has 1 aromatic rings. The van der Waals surface area contributed by atoms with Crippen LogP contribution in [0, 0.1) is 0 Å². The molecule has 110 valence electrons. The van der Waals surface area contributed by atoms with Crippen LogP contribution in [0.1, 0.15) is 49.7 Å². The molecule has 20 heavy (non-hydrogen) atoms. The first-order valence-electron chi connectivity index (χ1n) is 8.44. The van der Waals surface area contributed by atoms with Crippen molar-refractivity contribution >= 4 is 0 Å². The second-order valence-corrected chi connectivity index (χ2v) is 6.44. The Kier molecular flexibility index (Phi) is 5.10. The van der Waals surface area contributed by atoms with Crippen molar-refractivity contribution in [1.29, 1.82) is 0 Å². The fourth-order valence-electron chi connectivity index (χ4n) is 3.70. The summed E-state index contributed by atoms with van der Waals surface area (Å²) in [5, 5.41) is 3.73. The lowest BCUT2D eigenvalue weighted by molar-refractivity contribution is 0.263. The Balaban J connectivity index is 1.41. The third-order valence-electron chi connectivity index (χ3n) is 4.87. The maximum atomic E-state index is 3.73. The van der Waals surface area contributed by atoms with E-state index in [2.05, 4.69) is 34.5 Å². The summed E-state index contributed by atoms with van der Waals surface area (Å²) in [5.41, 5.74) is 3.12. The van der Waals surface area contributed by atoms with Crippen LogP contribution < -0.4 is 5.32 Å². The molecule has 2 heteroatoms. The molecule has 0 saturated heterocycles. The van der Waals surface area contributed by atoms with Gasteiger partial charge in [0.25, 0.3) is 0 Å². The van der Waals surface area contributed by atoms with Crippen LogP contribution in [-0.4, -0.2) is 30.6 Å². The zero-order valence-electron chi connectivity index (χ0n) is 12.6. The van der Waals surface area contributed by atoms with E-state index in [0.29, 0.717) is 0 Å². The zero-order valence-corrected chi connectivity index (χ0v) is 12.6. The number of benzene rings is 1. The van der Waals surface area contributed by atoms with Gasteiger partial charge in [0.15, 0.2) is 0 Å². The number of fused-ring (bicyclic) bond motifs is 1. The van der Waals surface area contributed by atoms with E-state index < -0.39 is 0 Å². The standard InChI is InChI=1S/C18H28N2/c1-2-8-17-15-20(13-5-9-16(17)7-1)14-6-12-19-18-10-3-4-11-18/h1-2,7-8,18-19H,3-6,9-15H2. The lowest BCUT2D eigenvalue weighted by Gasteiger charge is -2.21. The van der Waals surface area contributed by atoms with Crippen LogP contribution in [0.15, 0.2) is 24.3 Å². The third kappa shape index (κ3) is 3.83. The van der Waals surface area contributed by atoms with Crippen molar-refractivity contribution in [2.45, 2.75) is 57.5 Å². The Labute approximate surface area is 123 Å². The van der Waals surface area contributed by atoms with Crippen LogP contribution in [0.3, 0.4) is 0 Å². The van der Waals surface area contributed by atoms with Gasteiger partial charge in [-0.3, -0.25) is 4.90 Å². The average molecular weight is 272 g/mol. The smallest absolute Gasteiger partial charge is 0.0236 e. The summed E-state index contributed by atoms with van der Waals surface area (Å²) in [5.74, 6) is 0. The number of hydrogen-bond donors (Lipinski definition) is 1. The molecular weight excluding hydrogens is 244 g/mol. The Morgan fingerprint density at radius 3 is 2.70 bits per heavy atom. The van der Waals surface area contributed by atoms with Gasteiger partial charge in [0.2, 0.25) is 0 Å². The van der Waals surface area contributed by atoms with Crippen molar-refractivity contribution in [1.82, 2.24) is 10.2 Å². The first-order chi connectivity index (χ1) is 9.92. The van der Waals surface area contributed by atoms with Crippen molar-refractivity contribution in [2.75, 3.05) is 19.6 Å². The molecule has 0 aromatic heterocycles. The highest BCUT2D eigenvalue weighted by molar-refractivity contribution is 5.27. The van der Waals surface area contributed by atoms with E-state index in [-0.39, 0.29) is 0 Å². The van der Waals surface area contributed by atoms with E-state index in [9.17, 15) is 0 Å².